The Morgan fingerprint density at radius 3 is 2.32 bits per heavy atom. The fourth-order valence-corrected chi connectivity index (χ4v) is 4.49. The van der Waals surface area contributed by atoms with E-state index in [0.717, 1.165) is 4.90 Å². The van der Waals surface area contributed by atoms with Crippen LogP contribution >= 0.6 is 11.8 Å². The molecule has 152 valence electrons. The Morgan fingerprint density at radius 1 is 1.18 bits per heavy atom. The van der Waals surface area contributed by atoms with Gasteiger partial charge in [0.25, 0.3) is 11.8 Å². The molecule has 3 amide bonds. The van der Waals surface area contributed by atoms with Crippen molar-refractivity contribution >= 4 is 29.5 Å². The van der Waals surface area contributed by atoms with Gasteiger partial charge in [-0.3, -0.25) is 19.3 Å². The summed E-state index contributed by atoms with van der Waals surface area (Å²) in [5.41, 5.74) is -0.0440. The van der Waals surface area contributed by atoms with Crippen LogP contribution in [0.1, 0.15) is 27.6 Å². The number of hydrogen-bond acceptors (Lipinski definition) is 8. The van der Waals surface area contributed by atoms with Gasteiger partial charge >= 0.3 is 0 Å². The van der Waals surface area contributed by atoms with Gasteiger partial charge in [-0.15, -0.1) is 11.8 Å². The predicted octanol–water partition coefficient (Wildman–Crippen LogP) is -1.04. The average molecular weight is 410 g/mol. The van der Waals surface area contributed by atoms with E-state index in [1.807, 2.05) is 0 Å². The molecule has 2 heterocycles. The molecule has 4 N–H and O–H groups in total. The van der Waals surface area contributed by atoms with Gasteiger partial charge in [0.2, 0.25) is 5.91 Å². The van der Waals surface area contributed by atoms with E-state index in [4.69, 9.17) is 4.74 Å². The van der Waals surface area contributed by atoms with Crippen molar-refractivity contribution in [3.63, 3.8) is 0 Å². The third kappa shape index (κ3) is 3.91. The van der Waals surface area contributed by atoms with E-state index in [0.29, 0.717) is 11.1 Å². The van der Waals surface area contributed by atoms with Crippen molar-refractivity contribution in [2.75, 3.05) is 18.9 Å². The van der Waals surface area contributed by atoms with Gasteiger partial charge in [-0.25, -0.2) is 0 Å². The summed E-state index contributed by atoms with van der Waals surface area (Å²) < 4.78 is 5.61. The number of carbonyl (C=O) groups excluding carboxylic acids is 3. The summed E-state index contributed by atoms with van der Waals surface area (Å²) in [5.74, 6) is -0.860. The number of aliphatic hydroxyl groups excluding tert-OH is 3. The second-order valence-electron chi connectivity index (χ2n) is 6.61. The molecule has 1 saturated heterocycles. The summed E-state index contributed by atoms with van der Waals surface area (Å²) in [6.45, 7) is 0.893. The summed E-state index contributed by atoms with van der Waals surface area (Å²) in [6.07, 6.45) is -3.68. The minimum Gasteiger partial charge on any atom is -0.394 e. The van der Waals surface area contributed by atoms with Crippen LogP contribution in [0.2, 0.25) is 0 Å². The molecule has 0 aromatic heterocycles. The van der Waals surface area contributed by atoms with Crippen LogP contribution in [0, 0.1) is 0 Å². The van der Waals surface area contributed by atoms with Crippen LogP contribution in [0.4, 0.5) is 0 Å². The molecule has 0 bridgehead atoms. The van der Waals surface area contributed by atoms with E-state index in [2.05, 4.69) is 5.32 Å². The van der Waals surface area contributed by atoms with Crippen molar-refractivity contribution in [1.82, 2.24) is 10.2 Å². The highest BCUT2D eigenvalue weighted by Gasteiger charge is 2.45. The van der Waals surface area contributed by atoms with Gasteiger partial charge in [-0.2, -0.15) is 0 Å². The highest BCUT2D eigenvalue weighted by Crippen LogP contribution is 2.29. The smallest absolute Gasteiger partial charge is 0.261 e. The second kappa shape index (κ2) is 8.58. The number of carbonyl (C=O) groups is 3. The van der Waals surface area contributed by atoms with Gasteiger partial charge in [-0.05, 0) is 12.1 Å². The van der Waals surface area contributed by atoms with Crippen LogP contribution in [0.25, 0.3) is 0 Å². The Balaban J connectivity index is 1.64. The molecule has 28 heavy (non-hydrogen) atoms. The van der Waals surface area contributed by atoms with Crippen LogP contribution in [0.15, 0.2) is 24.3 Å². The predicted molar refractivity (Wildman–Crippen MR) is 99.6 cm³/mol. The van der Waals surface area contributed by atoms with Gasteiger partial charge in [0.1, 0.15) is 23.7 Å². The molecule has 9 nitrogen and oxygen atoms in total. The number of nitrogens with one attached hydrogen (secondary N) is 1. The Morgan fingerprint density at radius 2 is 1.79 bits per heavy atom. The normalized spacial score (nSPS) is 29.7. The van der Waals surface area contributed by atoms with E-state index in [9.17, 15) is 29.7 Å². The largest absolute Gasteiger partial charge is 0.394 e. The zero-order chi connectivity index (χ0) is 20.4. The van der Waals surface area contributed by atoms with Crippen molar-refractivity contribution in [2.24, 2.45) is 0 Å². The molecule has 1 aromatic rings. The fraction of sp³-hybridized carbons (Fsp3) is 0.500. The molecule has 5 unspecified atom stereocenters. The maximum Gasteiger partial charge on any atom is 0.261 e. The fourth-order valence-electron chi connectivity index (χ4n) is 3.32. The van der Waals surface area contributed by atoms with Gasteiger partial charge in [0.05, 0.1) is 23.8 Å². The Hall–Kier alpha value is -1.98. The molecular weight excluding hydrogens is 388 g/mol. The lowest BCUT2D eigenvalue weighted by Gasteiger charge is -2.42. The summed E-state index contributed by atoms with van der Waals surface area (Å²) in [4.78, 5) is 37.4. The average Bonchev–Trinajstić information content (AvgIpc) is 2.92. The number of benzene rings is 1. The molecule has 10 heteroatoms. The van der Waals surface area contributed by atoms with Gasteiger partial charge in [-0.1, -0.05) is 12.1 Å². The van der Waals surface area contributed by atoms with Gasteiger partial charge in [0.15, 0.2) is 0 Å². The molecule has 5 atom stereocenters. The lowest BCUT2D eigenvalue weighted by molar-refractivity contribution is -0.173. The first-order valence-electron chi connectivity index (χ1n) is 8.81. The molecule has 0 spiro atoms. The van der Waals surface area contributed by atoms with Crippen molar-refractivity contribution in [1.29, 1.82) is 0 Å². The molecular formula is C18H22N2O7S. The minimum atomic E-state index is -1.35. The maximum absolute atomic E-state index is 12.4. The standard InChI is InChI=1S/C18H22N2O7S/c1-9(22)19-13-15(24)14(23)12(8-21)27-18(13)28-7-6-20-16(25)10-4-2-3-5-11(10)17(20)26/h2-5,12-15,18,21,23-24H,6-8H2,1H3,(H,19,22). The number of amides is 3. The Kier molecular flexibility index (Phi) is 6.36. The quantitative estimate of drug-likeness (QED) is 0.437. The van der Waals surface area contributed by atoms with Crippen LogP contribution < -0.4 is 5.32 Å². The first kappa shape index (κ1) is 20.7. The van der Waals surface area contributed by atoms with Crippen LogP contribution in [0.3, 0.4) is 0 Å². The molecule has 0 radical (unpaired) electrons. The van der Waals surface area contributed by atoms with Gasteiger partial charge in [0, 0.05) is 19.2 Å². The number of thioether (sulfide) groups is 1. The molecule has 1 aromatic carbocycles. The molecule has 3 rings (SSSR count). The minimum absolute atomic E-state index is 0.117. The van der Waals surface area contributed by atoms with E-state index < -0.39 is 42.3 Å². The van der Waals surface area contributed by atoms with Crippen LogP contribution in [-0.2, 0) is 9.53 Å². The topological polar surface area (TPSA) is 136 Å². The lowest BCUT2D eigenvalue weighted by atomic mass is 9.98. The van der Waals surface area contributed by atoms with Gasteiger partial charge < -0.3 is 25.4 Å². The van der Waals surface area contributed by atoms with E-state index in [1.54, 1.807) is 24.3 Å². The number of ether oxygens (including phenoxy) is 1. The van der Waals surface area contributed by atoms with Crippen molar-refractivity contribution in [3.05, 3.63) is 35.4 Å². The zero-order valence-electron chi connectivity index (χ0n) is 15.1. The van der Waals surface area contributed by atoms with Crippen LogP contribution in [-0.4, -0.2) is 86.6 Å². The summed E-state index contributed by atoms with van der Waals surface area (Å²) in [6, 6.07) is 5.69. The maximum atomic E-state index is 12.4. The Labute approximate surface area is 165 Å². The first-order valence-corrected chi connectivity index (χ1v) is 9.86. The number of hydrogen-bond donors (Lipinski definition) is 4. The zero-order valence-corrected chi connectivity index (χ0v) is 16.0. The summed E-state index contributed by atoms with van der Waals surface area (Å²) >= 11 is 1.18. The van der Waals surface area contributed by atoms with E-state index >= 15 is 0 Å². The Bertz CT molecular complexity index is 739. The highest BCUT2D eigenvalue weighted by atomic mass is 32.2. The summed E-state index contributed by atoms with van der Waals surface area (Å²) in [7, 11) is 0. The number of fused-ring (bicyclic) bond motifs is 1. The number of imide groups is 1. The third-order valence-corrected chi connectivity index (χ3v) is 5.88. The second-order valence-corrected chi connectivity index (χ2v) is 7.82. The molecule has 0 saturated carbocycles. The van der Waals surface area contributed by atoms with Crippen molar-refractivity contribution < 1.29 is 34.4 Å². The molecule has 2 aliphatic rings. The van der Waals surface area contributed by atoms with Crippen molar-refractivity contribution in [3.8, 4) is 0 Å². The SMILES string of the molecule is CC(=O)NC1C(SCCN2C(=O)c3ccccc3C2=O)OC(CO)C(O)C1O. The van der Waals surface area contributed by atoms with E-state index in [-0.39, 0.29) is 24.1 Å². The third-order valence-electron chi connectivity index (χ3n) is 4.73. The number of nitrogens with zero attached hydrogens (tertiary/aromatic N) is 1. The molecule has 1 fully saturated rings. The summed E-state index contributed by atoms with van der Waals surface area (Å²) in [5, 5.41) is 32.2. The van der Waals surface area contributed by atoms with Crippen molar-refractivity contribution in [2.45, 2.75) is 36.7 Å². The lowest BCUT2D eigenvalue weighted by Crippen LogP contribution is -2.63. The van der Waals surface area contributed by atoms with E-state index in [1.165, 1.54) is 18.7 Å². The number of rotatable bonds is 6. The number of aliphatic hydroxyl groups is 3. The van der Waals surface area contributed by atoms with Crippen LogP contribution in [0.5, 0.6) is 0 Å². The molecule has 2 aliphatic heterocycles. The molecule has 0 aliphatic carbocycles. The monoisotopic (exact) mass is 410 g/mol. The highest BCUT2D eigenvalue weighted by molar-refractivity contribution is 7.99. The first-order chi connectivity index (χ1) is 13.3.